The first-order valence-electron chi connectivity index (χ1n) is 6.62. The summed E-state index contributed by atoms with van der Waals surface area (Å²) < 4.78 is 0. The van der Waals surface area contributed by atoms with Crippen LogP contribution in [0.4, 0.5) is 5.69 Å². The molecule has 4 nitrogen and oxygen atoms in total. The zero-order chi connectivity index (χ0) is 14.4. The minimum Gasteiger partial charge on any atom is -0.399 e. The topological polar surface area (TPSA) is 59.2 Å². The molecule has 2 rings (SSSR count). The summed E-state index contributed by atoms with van der Waals surface area (Å²) in [5.74, 6) is 0.115. The molecule has 1 heterocycles. The van der Waals surface area contributed by atoms with Crippen LogP contribution in [0.1, 0.15) is 11.1 Å². The molecular weight excluding hydrogens is 250 g/mol. The van der Waals surface area contributed by atoms with Crippen LogP contribution in [-0.2, 0) is 17.6 Å². The average Bonchev–Trinajstić information content (AvgIpc) is 2.48. The highest BCUT2D eigenvalue weighted by Gasteiger charge is 2.09. The van der Waals surface area contributed by atoms with Crippen LogP contribution in [0, 0.1) is 0 Å². The molecular formula is C16H19N3O. The van der Waals surface area contributed by atoms with E-state index in [4.69, 9.17) is 5.73 Å². The summed E-state index contributed by atoms with van der Waals surface area (Å²) in [6.45, 7) is 0.706. The van der Waals surface area contributed by atoms with Crippen molar-refractivity contribution < 1.29 is 4.79 Å². The third-order valence-corrected chi connectivity index (χ3v) is 3.25. The van der Waals surface area contributed by atoms with E-state index in [9.17, 15) is 4.79 Å². The fourth-order valence-electron chi connectivity index (χ4n) is 1.92. The molecule has 0 saturated heterocycles. The Kier molecular flexibility index (Phi) is 4.71. The zero-order valence-corrected chi connectivity index (χ0v) is 11.6. The number of carbonyl (C=O) groups excluding carboxylic acids is 1. The lowest BCUT2D eigenvalue weighted by molar-refractivity contribution is -0.129. The monoisotopic (exact) mass is 269 g/mol. The summed E-state index contributed by atoms with van der Waals surface area (Å²) in [6, 6.07) is 11.4. The first kappa shape index (κ1) is 14.1. The molecule has 0 atom stereocenters. The van der Waals surface area contributed by atoms with Crippen LogP contribution in [0.3, 0.4) is 0 Å². The number of hydrogen-bond donors (Lipinski definition) is 1. The number of rotatable bonds is 5. The predicted octanol–water partition coefficient (Wildman–Crippen LogP) is 1.91. The molecule has 2 N–H and O–H groups in total. The fraction of sp³-hybridized carbons (Fsp3) is 0.250. The number of nitrogens with two attached hydrogens (primary N) is 1. The maximum absolute atomic E-state index is 12.1. The number of amides is 1. The van der Waals surface area contributed by atoms with E-state index in [0.29, 0.717) is 18.7 Å². The summed E-state index contributed by atoms with van der Waals surface area (Å²) in [5, 5.41) is 0. The number of likely N-dealkylation sites (N-methyl/N-ethyl adjacent to an activating group) is 1. The van der Waals surface area contributed by atoms with Gasteiger partial charge in [0.05, 0.1) is 6.42 Å². The second-order valence-corrected chi connectivity index (χ2v) is 4.84. The maximum Gasteiger partial charge on any atom is 0.226 e. The molecule has 0 spiro atoms. The summed E-state index contributed by atoms with van der Waals surface area (Å²) in [6.07, 6.45) is 4.79. The van der Waals surface area contributed by atoms with Gasteiger partial charge in [0.25, 0.3) is 0 Å². The predicted molar refractivity (Wildman–Crippen MR) is 80.1 cm³/mol. The normalized spacial score (nSPS) is 10.2. The number of anilines is 1. The van der Waals surface area contributed by atoms with Crippen LogP contribution >= 0.6 is 0 Å². The van der Waals surface area contributed by atoms with Crippen molar-refractivity contribution in [3.63, 3.8) is 0 Å². The first-order valence-corrected chi connectivity index (χ1v) is 6.62. The van der Waals surface area contributed by atoms with Crippen LogP contribution < -0.4 is 5.73 Å². The maximum atomic E-state index is 12.1. The number of hydrogen-bond acceptors (Lipinski definition) is 3. The molecule has 0 unspecified atom stereocenters. The molecule has 0 radical (unpaired) electrons. The SMILES string of the molecule is CN(CCc1ccncc1)C(=O)Cc1ccc(N)cc1. The van der Waals surface area contributed by atoms with Crippen LogP contribution in [0.5, 0.6) is 0 Å². The average molecular weight is 269 g/mol. The van der Waals surface area contributed by atoms with Crippen molar-refractivity contribution in [2.45, 2.75) is 12.8 Å². The molecule has 4 heteroatoms. The van der Waals surface area contributed by atoms with Gasteiger partial charge in [-0.1, -0.05) is 12.1 Å². The number of aromatic nitrogens is 1. The van der Waals surface area contributed by atoms with E-state index in [1.165, 1.54) is 5.56 Å². The minimum atomic E-state index is 0.115. The number of nitrogen functional groups attached to an aromatic ring is 1. The van der Waals surface area contributed by atoms with Crippen LogP contribution in [0.2, 0.25) is 0 Å². The molecule has 0 bridgehead atoms. The van der Waals surface area contributed by atoms with E-state index < -0.39 is 0 Å². The molecule has 1 amide bonds. The fourth-order valence-corrected chi connectivity index (χ4v) is 1.92. The Morgan fingerprint density at radius 2 is 1.75 bits per heavy atom. The lowest BCUT2D eigenvalue weighted by Crippen LogP contribution is -2.30. The molecule has 0 aliphatic rings. The van der Waals surface area contributed by atoms with Crippen molar-refractivity contribution in [3.8, 4) is 0 Å². The molecule has 1 aromatic heterocycles. The third kappa shape index (κ3) is 4.09. The number of carbonyl (C=O) groups is 1. The number of benzene rings is 1. The van der Waals surface area contributed by atoms with Gasteiger partial charge >= 0.3 is 0 Å². The van der Waals surface area contributed by atoms with E-state index in [-0.39, 0.29) is 5.91 Å². The van der Waals surface area contributed by atoms with Gasteiger partial charge in [-0.15, -0.1) is 0 Å². The Morgan fingerprint density at radius 3 is 2.40 bits per heavy atom. The van der Waals surface area contributed by atoms with Gasteiger partial charge in [-0.3, -0.25) is 9.78 Å². The highest BCUT2D eigenvalue weighted by Crippen LogP contribution is 2.07. The van der Waals surface area contributed by atoms with E-state index in [1.807, 2.05) is 43.4 Å². The van der Waals surface area contributed by atoms with Gasteiger partial charge in [0, 0.05) is 31.7 Å². The standard InChI is InChI=1S/C16H19N3O/c1-19(11-8-13-6-9-18-10-7-13)16(20)12-14-2-4-15(17)5-3-14/h2-7,9-10H,8,11-12,17H2,1H3. The summed E-state index contributed by atoms with van der Waals surface area (Å²) in [7, 11) is 1.83. The molecule has 0 aliphatic heterocycles. The molecule has 1 aromatic carbocycles. The number of nitrogens with zero attached hydrogens (tertiary/aromatic N) is 2. The highest BCUT2D eigenvalue weighted by atomic mass is 16.2. The van der Waals surface area contributed by atoms with Gasteiger partial charge in [0.1, 0.15) is 0 Å². The van der Waals surface area contributed by atoms with Gasteiger partial charge < -0.3 is 10.6 Å². The van der Waals surface area contributed by atoms with E-state index in [2.05, 4.69) is 4.98 Å². The van der Waals surface area contributed by atoms with Crippen LogP contribution in [0.15, 0.2) is 48.8 Å². The van der Waals surface area contributed by atoms with Gasteiger partial charge in [-0.05, 0) is 41.8 Å². The van der Waals surface area contributed by atoms with E-state index >= 15 is 0 Å². The molecule has 2 aromatic rings. The van der Waals surface area contributed by atoms with Crippen molar-refractivity contribution >= 4 is 11.6 Å². The second kappa shape index (κ2) is 6.70. The molecule has 0 aliphatic carbocycles. The van der Waals surface area contributed by atoms with Gasteiger partial charge in [-0.25, -0.2) is 0 Å². The molecule has 0 saturated carbocycles. The largest absolute Gasteiger partial charge is 0.399 e. The van der Waals surface area contributed by atoms with E-state index in [0.717, 1.165) is 12.0 Å². The molecule has 0 fully saturated rings. The smallest absolute Gasteiger partial charge is 0.226 e. The zero-order valence-electron chi connectivity index (χ0n) is 11.6. The second-order valence-electron chi connectivity index (χ2n) is 4.84. The molecule has 20 heavy (non-hydrogen) atoms. The summed E-state index contributed by atoms with van der Waals surface area (Å²) in [5.41, 5.74) is 8.52. The third-order valence-electron chi connectivity index (χ3n) is 3.25. The summed E-state index contributed by atoms with van der Waals surface area (Å²) in [4.78, 5) is 17.8. The Morgan fingerprint density at radius 1 is 1.10 bits per heavy atom. The van der Waals surface area contributed by atoms with Crippen molar-refractivity contribution in [2.75, 3.05) is 19.3 Å². The van der Waals surface area contributed by atoms with Crippen LogP contribution in [0.25, 0.3) is 0 Å². The molecule has 104 valence electrons. The van der Waals surface area contributed by atoms with Crippen molar-refractivity contribution in [3.05, 3.63) is 59.9 Å². The Hall–Kier alpha value is -2.36. The highest BCUT2D eigenvalue weighted by molar-refractivity contribution is 5.78. The van der Waals surface area contributed by atoms with Crippen molar-refractivity contribution in [2.24, 2.45) is 0 Å². The quantitative estimate of drug-likeness (QED) is 0.843. The van der Waals surface area contributed by atoms with Gasteiger partial charge in [0.15, 0.2) is 0 Å². The van der Waals surface area contributed by atoms with Crippen LogP contribution in [-0.4, -0.2) is 29.4 Å². The van der Waals surface area contributed by atoms with E-state index in [1.54, 1.807) is 17.3 Å². The van der Waals surface area contributed by atoms with Gasteiger partial charge in [0.2, 0.25) is 5.91 Å². The van der Waals surface area contributed by atoms with Gasteiger partial charge in [-0.2, -0.15) is 0 Å². The summed E-state index contributed by atoms with van der Waals surface area (Å²) >= 11 is 0. The number of pyridine rings is 1. The Bertz CT molecular complexity index is 552. The van der Waals surface area contributed by atoms with Crippen molar-refractivity contribution in [1.82, 2.24) is 9.88 Å². The van der Waals surface area contributed by atoms with Crippen molar-refractivity contribution in [1.29, 1.82) is 0 Å². The Labute approximate surface area is 119 Å². The Balaban J connectivity index is 1.84. The lowest BCUT2D eigenvalue weighted by Gasteiger charge is -2.17. The minimum absolute atomic E-state index is 0.115. The first-order chi connectivity index (χ1) is 9.65. The lowest BCUT2D eigenvalue weighted by atomic mass is 10.1.